The molecule has 0 heterocycles. The lowest BCUT2D eigenvalue weighted by Gasteiger charge is -2.22. The second-order valence-electron chi connectivity index (χ2n) is 3.93. The van der Waals surface area contributed by atoms with Gasteiger partial charge in [0.2, 0.25) is 0 Å². The maximum absolute atomic E-state index is 12.8. The molecule has 9 heteroatoms. The molecule has 0 aliphatic carbocycles. The summed E-state index contributed by atoms with van der Waals surface area (Å²) in [5.74, 6) is -0.811. The molecule has 2 nitrogen and oxygen atoms in total. The van der Waals surface area contributed by atoms with Gasteiger partial charge in [0.15, 0.2) is 0 Å². The van der Waals surface area contributed by atoms with Crippen molar-refractivity contribution >= 4 is 0 Å². The van der Waals surface area contributed by atoms with Gasteiger partial charge < -0.3 is 10.5 Å². The molecule has 0 bridgehead atoms. The Bertz CT molecular complexity index is 447. The van der Waals surface area contributed by atoms with Gasteiger partial charge in [-0.3, -0.25) is 0 Å². The standard InChI is InChI=1S/C11H10F7NO/c12-9(13)11(17,18)20-8-4-2-1-3-6(8)7(19)5-10(14,15)16/h1-4,7,9H,5,19H2/t7-/m0/s1. The topological polar surface area (TPSA) is 35.2 Å². The van der Waals surface area contributed by atoms with Crippen molar-refractivity contribution in [1.82, 2.24) is 0 Å². The highest BCUT2D eigenvalue weighted by Crippen LogP contribution is 2.35. The molecule has 1 aromatic carbocycles. The lowest BCUT2D eigenvalue weighted by Crippen LogP contribution is -2.34. The Labute approximate surface area is 109 Å². The van der Waals surface area contributed by atoms with E-state index in [0.29, 0.717) is 0 Å². The van der Waals surface area contributed by atoms with Crippen LogP contribution in [0.15, 0.2) is 24.3 Å². The van der Waals surface area contributed by atoms with Gasteiger partial charge in [0.1, 0.15) is 5.75 Å². The second-order valence-corrected chi connectivity index (χ2v) is 3.93. The number of alkyl halides is 7. The average molecular weight is 305 g/mol. The van der Waals surface area contributed by atoms with Crippen LogP contribution in [-0.2, 0) is 0 Å². The zero-order chi connectivity index (χ0) is 15.6. The molecule has 0 amide bonds. The molecular formula is C11H10F7NO. The molecule has 1 rings (SSSR count). The molecule has 0 aliphatic rings. The van der Waals surface area contributed by atoms with Crippen molar-refractivity contribution in [2.45, 2.75) is 31.2 Å². The third-order valence-corrected chi connectivity index (χ3v) is 2.27. The van der Waals surface area contributed by atoms with E-state index in [2.05, 4.69) is 4.74 Å². The highest BCUT2D eigenvalue weighted by Gasteiger charge is 2.44. The Balaban J connectivity index is 2.99. The fourth-order valence-corrected chi connectivity index (χ4v) is 1.43. The molecule has 0 saturated carbocycles. The van der Waals surface area contributed by atoms with Crippen LogP contribution in [0.3, 0.4) is 0 Å². The predicted molar refractivity (Wildman–Crippen MR) is 55.6 cm³/mol. The van der Waals surface area contributed by atoms with E-state index in [4.69, 9.17) is 5.73 Å². The molecule has 0 unspecified atom stereocenters. The van der Waals surface area contributed by atoms with Crippen LogP contribution in [-0.4, -0.2) is 18.7 Å². The molecule has 114 valence electrons. The van der Waals surface area contributed by atoms with Gasteiger partial charge in [0.25, 0.3) is 0 Å². The summed E-state index contributed by atoms with van der Waals surface area (Å²) in [6.07, 6.45) is -15.0. The minimum absolute atomic E-state index is 0.426. The number of para-hydroxylation sites is 1. The Morgan fingerprint density at radius 1 is 1.05 bits per heavy atom. The molecule has 0 radical (unpaired) electrons. The van der Waals surface area contributed by atoms with Crippen molar-refractivity contribution in [3.8, 4) is 5.75 Å². The quantitative estimate of drug-likeness (QED) is 0.838. The first kappa shape index (κ1) is 16.5. The van der Waals surface area contributed by atoms with Crippen molar-refractivity contribution in [2.24, 2.45) is 5.73 Å². The fraction of sp³-hybridized carbons (Fsp3) is 0.455. The summed E-state index contributed by atoms with van der Waals surface area (Å²) < 4.78 is 90.0. The number of nitrogens with two attached hydrogens (primary N) is 1. The second kappa shape index (κ2) is 5.86. The highest BCUT2D eigenvalue weighted by atomic mass is 19.4. The van der Waals surface area contributed by atoms with Crippen molar-refractivity contribution in [1.29, 1.82) is 0 Å². The normalized spacial score (nSPS) is 14.4. The number of ether oxygens (including phenoxy) is 1. The van der Waals surface area contributed by atoms with E-state index >= 15 is 0 Å². The third kappa shape index (κ3) is 4.55. The van der Waals surface area contributed by atoms with Crippen molar-refractivity contribution in [3.63, 3.8) is 0 Å². The monoisotopic (exact) mass is 305 g/mol. The van der Waals surface area contributed by atoms with E-state index < -0.39 is 42.5 Å². The van der Waals surface area contributed by atoms with Crippen LogP contribution < -0.4 is 10.5 Å². The molecule has 0 saturated heterocycles. The summed E-state index contributed by atoms with van der Waals surface area (Å²) in [6, 6.07) is 2.55. The zero-order valence-electron chi connectivity index (χ0n) is 9.80. The van der Waals surface area contributed by atoms with Gasteiger partial charge in [-0.2, -0.15) is 30.7 Å². The smallest absolute Gasteiger partial charge is 0.428 e. The molecule has 0 spiro atoms. The number of rotatable bonds is 5. The maximum atomic E-state index is 12.8. The van der Waals surface area contributed by atoms with Crippen molar-refractivity contribution < 1.29 is 35.5 Å². The predicted octanol–water partition coefficient (Wildman–Crippen LogP) is 3.88. The number of benzene rings is 1. The van der Waals surface area contributed by atoms with Crippen LogP contribution in [0, 0.1) is 0 Å². The number of hydrogen-bond donors (Lipinski definition) is 1. The van der Waals surface area contributed by atoms with Crippen LogP contribution in [0.25, 0.3) is 0 Å². The summed E-state index contributed by atoms with van der Waals surface area (Å²) in [7, 11) is 0. The van der Waals surface area contributed by atoms with Crippen LogP contribution in [0.4, 0.5) is 30.7 Å². The Morgan fingerprint density at radius 2 is 1.60 bits per heavy atom. The number of hydrogen-bond acceptors (Lipinski definition) is 2. The Kier molecular flexibility index (Phi) is 4.85. The van der Waals surface area contributed by atoms with E-state index in [1.165, 1.54) is 6.07 Å². The number of halogens is 7. The molecular weight excluding hydrogens is 295 g/mol. The molecule has 0 aromatic heterocycles. The van der Waals surface area contributed by atoms with Crippen molar-refractivity contribution in [2.75, 3.05) is 0 Å². The van der Waals surface area contributed by atoms with Gasteiger partial charge in [-0.15, -0.1) is 0 Å². The van der Waals surface area contributed by atoms with E-state index in [0.717, 1.165) is 18.2 Å². The lowest BCUT2D eigenvalue weighted by molar-refractivity contribution is -0.253. The van der Waals surface area contributed by atoms with Gasteiger partial charge in [-0.05, 0) is 6.07 Å². The van der Waals surface area contributed by atoms with Crippen LogP contribution in [0.2, 0.25) is 0 Å². The fourth-order valence-electron chi connectivity index (χ4n) is 1.43. The molecule has 0 aliphatic heterocycles. The SMILES string of the molecule is N[C@@H](CC(F)(F)F)c1ccccc1OC(F)(F)C(F)F. The van der Waals surface area contributed by atoms with E-state index in [9.17, 15) is 30.7 Å². The first-order chi connectivity index (χ1) is 9.03. The van der Waals surface area contributed by atoms with Gasteiger partial charge in [-0.25, -0.2) is 0 Å². The van der Waals surface area contributed by atoms with Gasteiger partial charge >= 0.3 is 18.7 Å². The largest absolute Gasteiger partial charge is 0.461 e. The highest BCUT2D eigenvalue weighted by molar-refractivity contribution is 5.36. The van der Waals surface area contributed by atoms with Crippen LogP contribution >= 0.6 is 0 Å². The van der Waals surface area contributed by atoms with E-state index in [1.807, 2.05) is 0 Å². The molecule has 20 heavy (non-hydrogen) atoms. The van der Waals surface area contributed by atoms with Crippen molar-refractivity contribution in [3.05, 3.63) is 29.8 Å². The van der Waals surface area contributed by atoms with Gasteiger partial charge in [0, 0.05) is 11.6 Å². The summed E-state index contributed by atoms with van der Waals surface area (Å²) in [6.45, 7) is 0. The minimum atomic E-state index is -4.81. The van der Waals surface area contributed by atoms with E-state index in [1.54, 1.807) is 0 Å². The summed E-state index contributed by atoms with van der Waals surface area (Å²) in [4.78, 5) is 0. The van der Waals surface area contributed by atoms with Crippen LogP contribution in [0.5, 0.6) is 5.75 Å². The first-order valence-electron chi connectivity index (χ1n) is 5.29. The Morgan fingerprint density at radius 3 is 2.10 bits per heavy atom. The molecule has 1 atom stereocenters. The minimum Gasteiger partial charge on any atom is -0.428 e. The summed E-state index contributed by atoms with van der Waals surface area (Å²) in [5, 5.41) is 0. The van der Waals surface area contributed by atoms with Crippen LogP contribution in [0.1, 0.15) is 18.0 Å². The first-order valence-corrected chi connectivity index (χ1v) is 5.29. The summed E-state index contributed by atoms with van der Waals surface area (Å²) >= 11 is 0. The zero-order valence-corrected chi connectivity index (χ0v) is 9.80. The average Bonchev–Trinajstić information content (AvgIpc) is 2.26. The molecule has 1 aromatic rings. The third-order valence-electron chi connectivity index (χ3n) is 2.27. The molecule has 0 fully saturated rings. The molecule has 2 N–H and O–H groups in total. The Hall–Kier alpha value is -1.51. The van der Waals surface area contributed by atoms with Gasteiger partial charge in [-0.1, -0.05) is 18.2 Å². The maximum Gasteiger partial charge on any atom is 0.461 e. The van der Waals surface area contributed by atoms with E-state index in [-0.39, 0.29) is 0 Å². The summed E-state index contributed by atoms with van der Waals surface area (Å²) in [5.41, 5.74) is 4.82. The van der Waals surface area contributed by atoms with Gasteiger partial charge in [0.05, 0.1) is 6.42 Å². The lowest BCUT2D eigenvalue weighted by atomic mass is 10.0.